The molecule has 1 aliphatic rings. The summed E-state index contributed by atoms with van der Waals surface area (Å²) < 4.78 is 45.2. The molecule has 8 heteroatoms. The number of alkyl halides is 3. The molecule has 5 nitrogen and oxygen atoms in total. The minimum Gasteiger partial charge on any atom is -0.463 e. The van der Waals surface area contributed by atoms with Crippen LogP contribution in [0.3, 0.4) is 0 Å². The third-order valence-electron chi connectivity index (χ3n) is 4.42. The smallest absolute Gasteiger partial charge is 0.425 e. The first-order valence-electron chi connectivity index (χ1n) is 7.92. The van der Waals surface area contributed by atoms with Crippen LogP contribution in [-0.4, -0.2) is 59.2 Å². The van der Waals surface area contributed by atoms with Crippen molar-refractivity contribution in [3.05, 3.63) is 23.7 Å². The van der Waals surface area contributed by atoms with Gasteiger partial charge in [0.05, 0.1) is 6.42 Å². The fourth-order valence-corrected chi connectivity index (χ4v) is 2.80. The number of halogens is 3. The van der Waals surface area contributed by atoms with Crippen LogP contribution in [-0.2, 0) is 10.4 Å². The normalized spacial score (nSPS) is 19.6. The zero-order chi connectivity index (χ0) is 18.1. The van der Waals surface area contributed by atoms with E-state index in [-0.39, 0.29) is 5.76 Å². The summed E-state index contributed by atoms with van der Waals surface area (Å²) in [6.45, 7) is 7.44. The van der Waals surface area contributed by atoms with Gasteiger partial charge in [0.25, 0.3) is 0 Å². The van der Waals surface area contributed by atoms with Crippen LogP contribution in [0.2, 0.25) is 0 Å². The lowest BCUT2D eigenvalue weighted by Crippen LogP contribution is -2.53. The van der Waals surface area contributed by atoms with Crippen LogP contribution in [0.1, 0.15) is 31.8 Å². The quantitative estimate of drug-likeness (QED) is 0.907. The maximum atomic E-state index is 13.4. The Morgan fingerprint density at radius 1 is 1.25 bits per heavy atom. The number of nitrogens with zero attached hydrogens (tertiary/aromatic N) is 2. The molecule has 1 N–H and O–H groups in total. The van der Waals surface area contributed by atoms with Crippen molar-refractivity contribution in [3.8, 4) is 0 Å². The van der Waals surface area contributed by atoms with E-state index >= 15 is 0 Å². The predicted molar refractivity (Wildman–Crippen MR) is 81.3 cm³/mol. The highest BCUT2D eigenvalue weighted by atomic mass is 19.4. The van der Waals surface area contributed by atoms with Gasteiger partial charge in [-0.2, -0.15) is 13.2 Å². The van der Waals surface area contributed by atoms with E-state index in [0.717, 1.165) is 6.07 Å². The van der Waals surface area contributed by atoms with Crippen LogP contribution in [0.4, 0.5) is 13.2 Å². The minimum absolute atomic E-state index is 0.241. The number of rotatable bonds is 4. The highest BCUT2D eigenvalue weighted by Gasteiger charge is 2.58. The molecule has 1 aliphatic heterocycles. The molecule has 24 heavy (non-hydrogen) atoms. The first-order valence-corrected chi connectivity index (χ1v) is 7.92. The van der Waals surface area contributed by atoms with Gasteiger partial charge in [0.1, 0.15) is 11.5 Å². The van der Waals surface area contributed by atoms with Gasteiger partial charge in [0, 0.05) is 32.2 Å². The lowest BCUT2D eigenvalue weighted by Gasteiger charge is -2.38. The Kier molecular flexibility index (Phi) is 5.29. The molecule has 0 aliphatic carbocycles. The molecule has 0 spiro atoms. The summed E-state index contributed by atoms with van der Waals surface area (Å²) in [5, 5.41) is 10.2. The number of furan rings is 1. The molecule has 1 fully saturated rings. The second-order valence-electron chi connectivity index (χ2n) is 6.46. The van der Waals surface area contributed by atoms with Crippen LogP contribution in [0.15, 0.2) is 16.5 Å². The van der Waals surface area contributed by atoms with Crippen molar-refractivity contribution < 1.29 is 27.5 Å². The summed E-state index contributed by atoms with van der Waals surface area (Å²) >= 11 is 0. The van der Waals surface area contributed by atoms with Crippen molar-refractivity contribution in [3.63, 3.8) is 0 Å². The Hall–Kier alpha value is -1.54. The highest BCUT2D eigenvalue weighted by molar-refractivity contribution is 5.77. The Labute approximate surface area is 139 Å². The number of carbonyl (C=O) groups excluding carboxylic acids is 1. The summed E-state index contributed by atoms with van der Waals surface area (Å²) in [6, 6.07) is 2.71. The molecule has 0 bridgehead atoms. The third kappa shape index (κ3) is 3.75. The Morgan fingerprint density at radius 3 is 2.25 bits per heavy atom. The summed E-state index contributed by atoms with van der Waals surface area (Å²) in [4.78, 5) is 15.8. The van der Waals surface area contributed by atoms with E-state index in [1.54, 1.807) is 0 Å². The zero-order valence-corrected chi connectivity index (χ0v) is 14.1. The number of carbonyl (C=O) groups is 1. The number of piperazine rings is 1. The first kappa shape index (κ1) is 18.8. The molecule has 2 rings (SSSR count). The fourth-order valence-electron chi connectivity index (χ4n) is 2.80. The number of aryl methyl sites for hydroxylation is 1. The summed E-state index contributed by atoms with van der Waals surface area (Å²) in [7, 11) is 0. The number of hydrogen-bond donors (Lipinski definition) is 1. The average Bonchev–Trinajstić information content (AvgIpc) is 2.93. The minimum atomic E-state index is -5.01. The summed E-state index contributed by atoms with van der Waals surface area (Å²) in [5.41, 5.74) is -3.31. The second kappa shape index (κ2) is 6.76. The van der Waals surface area contributed by atoms with Crippen LogP contribution in [0.5, 0.6) is 0 Å². The lowest BCUT2D eigenvalue weighted by molar-refractivity contribution is -0.274. The molecule has 136 valence electrons. The van der Waals surface area contributed by atoms with Gasteiger partial charge in [-0.05, 0) is 32.9 Å². The molecular weight excluding hydrogens is 325 g/mol. The van der Waals surface area contributed by atoms with E-state index in [4.69, 9.17) is 4.42 Å². The number of hydrogen-bond acceptors (Lipinski definition) is 4. The molecule has 1 amide bonds. The molecule has 0 radical (unpaired) electrons. The molecule has 1 aromatic rings. The van der Waals surface area contributed by atoms with Gasteiger partial charge in [-0.3, -0.25) is 9.69 Å². The van der Waals surface area contributed by atoms with E-state index in [1.807, 2.05) is 13.8 Å². The van der Waals surface area contributed by atoms with Gasteiger partial charge in [0.15, 0.2) is 0 Å². The SMILES string of the molecule is Cc1ccc(C(O)(CC(=O)N2CCN(C(C)C)CC2)C(F)(F)F)o1. The van der Waals surface area contributed by atoms with Crippen LogP contribution >= 0.6 is 0 Å². The van der Waals surface area contributed by atoms with Gasteiger partial charge in [-0.25, -0.2) is 0 Å². The topological polar surface area (TPSA) is 56.9 Å². The second-order valence-corrected chi connectivity index (χ2v) is 6.46. The van der Waals surface area contributed by atoms with Gasteiger partial charge >= 0.3 is 6.18 Å². The molecule has 0 aromatic carbocycles. The fraction of sp³-hybridized carbons (Fsp3) is 0.688. The van der Waals surface area contributed by atoms with Crippen molar-refractivity contribution in [1.29, 1.82) is 0 Å². The van der Waals surface area contributed by atoms with Crippen molar-refractivity contribution in [2.75, 3.05) is 26.2 Å². The maximum Gasteiger partial charge on any atom is 0.425 e. The Balaban J connectivity index is 2.12. The van der Waals surface area contributed by atoms with E-state index in [1.165, 1.54) is 17.9 Å². The number of amides is 1. The predicted octanol–water partition coefficient (Wildman–Crippen LogP) is 2.28. The largest absolute Gasteiger partial charge is 0.463 e. The van der Waals surface area contributed by atoms with Crippen molar-refractivity contribution >= 4 is 5.91 Å². The van der Waals surface area contributed by atoms with Gasteiger partial charge in [-0.15, -0.1) is 0 Å². The molecule has 1 unspecified atom stereocenters. The molecule has 2 heterocycles. The molecular formula is C16H23F3N2O3. The first-order chi connectivity index (χ1) is 11.0. The van der Waals surface area contributed by atoms with Crippen LogP contribution in [0.25, 0.3) is 0 Å². The van der Waals surface area contributed by atoms with Crippen LogP contribution < -0.4 is 0 Å². The summed E-state index contributed by atoms with van der Waals surface area (Å²) in [6.07, 6.45) is -6.09. The molecule has 0 saturated carbocycles. The monoisotopic (exact) mass is 348 g/mol. The molecule has 1 atom stereocenters. The zero-order valence-electron chi connectivity index (χ0n) is 14.1. The van der Waals surface area contributed by atoms with Gasteiger partial charge in [0.2, 0.25) is 11.5 Å². The van der Waals surface area contributed by atoms with Crippen LogP contribution in [0, 0.1) is 6.92 Å². The Morgan fingerprint density at radius 2 is 1.83 bits per heavy atom. The van der Waals surface area contributed by atoms with Crippen molar-refractivity contribution in [2.45, 2.75) is 45.0 Å². The maximum absolute atomic E-state index is 13.4. The van der Waals surface area contributed by atoms with Crippen molar-refractivity contribution in [1.82, 2.24) is 9.80 Å². The van der Waals surface area contributed by atoms with E-state index in [9.17, 15) is 23.1 Å². The van der Waals surface area contributed by atoms with E-state index < -0.39 is 29.9 Å². The average molecular weight is 348 g/mol. The van der Waals surface area contributed by atoms with Crippen molar-refractivity contribution in [2.24, 2.45) is 0 Å². The van der Waals surface area contributed by atoms with E-state index in [2.05, 4.69) is 4.90 Å². The number of aliphatic hydroxyl groups is 1. The summed E-state index contributed by atoms with van der Waals surface area (Å²) in [5.74, 6) is -1.14. The molecule has 1 aromatic heterocycles. The molecule has 1 saturated heterocycles. The standard InChI is InChI=1S/C16H23F3N2O3/c1-11(2)20-6-8-21(9-7-20)14(22)10-15(23,16(17,18)19)13-5-4-12(3)24-13/h4-5,11,23H,6-10H2,1-3H3. The Bertz CT molecular complexity index is 577. The lowest BCUT2D eigenvalue weighted by atomic mass is 9.94. The highest BCUT2D eigenvalue weighted by Crippen LogP contribution is 2.42. The third-order valence-corrected chi connectivity index (χ3v) is 4.42. The van der Waals surface area contributed by atoms with E-state index in [0.29, 0.717) is 32.2 Å². The van der Waals surface area contributed by atoms with Gasteiger partial charge in [-0.1, -0.05) is 0 Å². The van der Waals surface area contributed by atoms with Gasteiger partial charge < -0.3 is 14.4 Å².